The summed E-state index contributed by atoms with van der Waals surface area (Å²) in [7, 11) is 0. The first-order valence-corrected chi connectivity index (χ1v) is 9.03. The van der Waals surface area contributed by atoms with Gasteiger partial charge in [0.15, 0.2) is 0 Å². The van der Waals surface area contributed by atoms with Gasteiger partial charge in [-0.1, -0.05) is 24.1 Å². The molecule has 0 saturated carbocycles. The van der Waals surface area contributed by atoms with Gasteiger partial charge in [-0.2, -0.15) is 0 Å². The van der Waals surface area contributed by atoms with Crippen LogP contribution in [0.2, 0.25) is 0 Å². The van der Waals surface area contributed by atoms with E-state index in [2.05, 4.69) is 22.0 Å². The number of likely N-dealkylation sites (tertiary alicyclic amines) is 2. The van der Waals surface area contributed by atoms with Gasteiger partial charge in [0.1, 0.15) is 0 Å². The predicted molar refractivity (Wildman–Crippen MR) is 94.7 cm³/mol. The summed E-state index contributed by atoms with van der Waals surface area (Å²) in [6.45, 7) is 7.21. The van der Waals surface area contributed by atoms with Gasteiger partial charge >= 0.3 is 0 Å². The van der Waals surface area contributed by atoms with Gasteiger partial charge in [0, 0.05) is 24.8 Å². The monoisotopic (exact) mass is 315 g/mol. The van der Waals surface area contributed by atoms with Gasteiger partial charge in [0.25, 0.3) is 0 Å². The van der Waals surface area contributed by atoms with Crippen molar-refractivity contribution in [3.8, 4) is 0 Å². The summed E-state index contributed by atoms with van der Waals surface area (Å²) >= 11 is 0. The highest BCUT2D eigenvalue weighted by Crippen LogP contribution is 2.20. The third-order valence-corrected chi connectivity index (χ3v) is 5.17. The zero-order valence-electron chi connectivity index (χ0n) is 14.3. The minimum atomic E-state index is 0.102. The third-order valence-electron chi connectivity index (χ3n) is 5.17. The number of benzene rings is 1. The molecule has 2 heterocycles. The Bertz CT molecular complexity index is 500. The molecule has 1 aromatic rings. The van der Waals surface area contributed by atoms with E-state index in [9.17, 15) is 4.79 Å². The van der Waals surface area contributed by atoms with Crippen molar-refractivity contribution in [1.29, 1.82) is 0 Å². The molecule has 2 aliphatic heterocycles. The number of piperidine rings is 2. The number of nitrogens with one attached hydrogen (secondary N) is 1. The number of hydrogen-bond donors (Lipinski definition) is 1. The Balaban J connectivity index is 1.41. The zero-order valence-corrected chi connectivity index (χ0v) is 14.3. The van der Waals surface area contributed by atoms with Gasteiger partial charge in [0.2, 0.25) is 5.91 Å². The van der Waals surface area contributed by atoms with Crippen LogP contribution in [0.25, 0.3) is 0 Å². The van der Waals surface area contributed by atoms with E-state index in [1.807, 2.05) is 24.3 Å². The van der Waals surface area contributed by atoms with Crippen LogP contribution in [0.1, 0.15) is 37.7 Å². The Labute approximate surface area is 139 Å². The lowest BCUT2D eigenvalue weighted by Crippen LogP contribution is -2.48. The first-order chi connectivity index (χ1) is 11.2. The minimum absolute atomic E-state index is 0.102. The molecule has 2 aliphatic rings. The van der Waals surface area contributed by atoms with Crippen molar-refractivity contribution < 1.29 is 4.79 Å². The number of nitrogens with zero attached hydrogens (tertiary/aromatic N) is 2. The highest BCUT2D eigenvalue weighted by atomic mass is 16.2. The summed E-state index contributed by atoms with van der Waals surface area (Å²) in [5.74, 6) is 0.102. The standard InChI is InChI=1S/C19H29N3O/c1-16-5-7-17(8-6-16)20-19(23)15-21-13-9-18(10-14-21)22-11-3-2-4-12-22/h5-8,18H,2-4,9-15H2,1H3,(H,20,23). The van der Waals surface area contributed by atoms with Crippen molar-refractivity contribution in [2.45, 2.75) is 45.1 Å². The van der Waals surface area contributed by atoms with Crippen molar-refractivity contribution in [3.05, 3.63) is 29.8 Å². The number of aryl methyl sites for hydroxylation is 1. The van der Waals surface area contributed by atoms with Gasteiger partial charge in [-0.05, 0) is 57.8 Å². The third kappa shape index (κ3) is 4.79. The maximum absolute atomic E-state index is 12.2. The topological polar surface area (TPSA) is 35.6 Å². The van der Waals surface area contributed by atoms with Crippen LogP contribution in [0.5, 0.6) is 0 Å². The second-order valence-electron chi connectivity index (χ2n) is 7.02. The van der Waals surface area contributed by atoms with Crippen molar-refractivity contribution >= 4 is 11.6 Å². The normalized spacial score (nSPS) is 21.3. The van der Waals surface area contributed by atoms with Gasteiger partial charge in [0.05, 0.1) is 6.54 Å². The Morgan fingerprint density at radius 3 is 2.35 bits per heavy atom. The smallest absolute Gasteiger partial charge is 0.238 e. The maximum Gasteiger partial charge on any atom is 0.238 e. The van der Waals surface area contributed by atoms with Gasteiger partial charge in [-0.15, -0.1) is 0 Å². The van der Waals surface area contributed by atoms with Crippen LogP contribution in [0.3, 0.4) is 0 Å². The number of carbonyl (C=O) groups is 1. The average molecular weight is 315 g/mol. The van der Waals surface area contributed by atoms with Crippen LogP contribution < -0.4 is 5.32 Å². The number of amides is 1. The van der Waals surface area contributed by atoms with Crippen molar-refractivity contribution in [2.75, 3.05) is 38.0 Å². The highest BCUT2D eigenvalue weighted by molar-refractivity contribution is 5.92. The SMILES string of the molecule is Cc1ccc(NC(=O)CN2CCC(N3CCCCC3)CC2)cc1. The summed E-state index contributed by atoms with van der Waals surface area (Å²) in [6, 6.07) is 8.73. The molecule has 4 heteroatoms. The van der Waals surface area contributed by atoms with Gasteiger partial charge in [-0.25, -0.2) is 0 Å². The van der Waals surface area contributed by atoms with Crippen LogP contribution in [0, 0.1) is 6.92 Å². The minimum Gasteiger partial charge on any atom is -0.325 e. The lowest BCUT2D eigenvalue weighted by molar-refractivity contribution is -0.117. The van der Waals surface area contributed by atoms with Crippen LogP contribution >= 0.6 is 0 Å². The molecule has 1 N–H and O–H groups in total. The summed E-state index contributed by atoms with van der Waals surface area (Å²) in [4.78, 5) is 17.2. The molecule has 0 bridgehead atoms. The summed E-state index contributed by atoms with van der Waals surface area (Å²) in [5.41, 5.74) is 2.10. The molecule has 2 saturated heterocycles. The zero-order chi connectivity index (χ0) is 16.1. The molecule has 3 rings (SSSR count). The number of rotatable bonds is 4. The molecule has 126 valence electrons. The fourth-order valence-corrected chi connectivity index (χ4v) is 3.77. The van der Waals surface area contributed by atoms with E-state index in [0.29, 0.717) is 6.54 Å². The molecule has 0 spiro atoms. The molecular formula is C19H29N3O. The van der Waals surface area contributed by atoms with Gasteiger partial charge in [-0.3, -0.25) is 9.69 Å². The Kier molecular flexibility index (Phi) is 5.68. The lowest BCUT2D eigenvalue weighted by Gasteiger charge is -2.40. The number of carbonyl (C=O) groups excluding carboxylic acids is 1. The Hall–Kier alpha value is -1.39. The summed E-state index contributed by atoms with van der Waals surface area (Å²) < 4.78 is 0. The van der Waals surface area contributed by atoms with E-state index >= 15 is 0 Å². The van der Waals surface area contributed by atoms with Crippen LogP contribution in [-0.2, 0) is 4.79 Å². The number of hydrogen-bond acceptors (Lipinski definition) is 3. The Morgan fingerprint density at radius 1 is 1.04 bits per heavy atom. The van der Waals surface area contributed by atoms with E-state index in [0.717, 1.165) is 24.8 Å². The molecule has 0 aromatic heterocycles. The Morgan fingerprint density at radius 2 is 1.70 bits per heavy atom. The molecule has 0 atom stereocenters. The summed E-state index contributed by atoms with van der Waals surface area (Å²) in [5, 5.41) is 3.00. The van der Waals surface area contributed by atoms with Crippen LogP contribution in [0.15, 0.2) is 24.3 Å². The van der Waals surface area contributed by atoms with E-state index in [1.54, 1.807) is 0 Å². The van der Waals surface area contributed by atoms with E-state index in [1.165, 1.54) is 50.8 Å². The molecular weight excluding hydrogens is 286 g/mol. The van der Waals surface area contributed by atoms with Crippen molar-refractivity contribution in [1.82, 2.24) is 9.80 Å². The molecule has 1 amide bonds. The second-order valence-corrected chi connectivity index (χ2v) is 7.02. The number of anilines is 1. The summed E-state index contributed by atoms with van der Waals surface area (Å²) in [6.07, 6.45) is 6.53. The van der Waals surface area contributed by atoms with E-state index in [-0.39, 0.29) is 5.91 Å². The average Bonchev–Trinajstić information content (AvgIpc) is 2.58. The molecule has 1 aromatic carbocycles. The van der Waals surface area contributed by atoms with E-state index < -0.39 is 0 Å². The van der Waals surface area contributed by atoms with Crippen LogP contribution in [-0.4, -0.2) is 54.5 Å². The fraction of sp³-hybridized carbons (Fsp3) is 0.632. The molecule has 2 fully saturated rings. The molecule has 23 heavy (non-hydrogen) atoms. The first kappa shape index (κ1) is 16.5. The lowest BCUT2D eigenvalue weighted by atomic mass is 10.00. The first-order valence-electron chi connectivity index (χ1n) is 9.03. The maximum atomic E-state index is 12.2. The van der Waals surface area contributed by atoms with Gasteiger partial charge < -0.3 is 10.2 Å². The molecule has 0 radical (unpaired) electrons. The van der Waals surface area contributed by atoms with Crippen molar-refractivity contribution in [3.63, 3.8) is 0 Å². The predicted octanol–water partition coefficient (Wildman–Crippen LogP) is 2.88. The van der Waals surface area contributed by atoms with Crippen LogP contribution in [0.4, 0.5) is 5.69 Å². The largest absolute Gasteiger partial charge is 0.325 e. The highest BCUT2D eigenvalue weighted by Gasteiger charge is 2.26. The quantitative estimate of drug-likeness (QED) is 0.928. The van der Waals surface area contributed by atoms with Crippen molar-refractivity contribution in [2.24, 2.45) is 0 Å². The fourth-order valence-electron chi connectivity index (χ4n) is 3.77. The van der Waals surface area contributed by atoms with E-state index in [4.69, 9.17) is 0 Å². The second kappa shape index (κ2) is 7.93. The molecule has 0 aliphatic carbocycles. The molecule has 0 unspecified atom stereocenters. The molecule has 4 nitrogen and oxygen atoms in total.